The largest absolute Gasteiger partial charge is 0.365 e. The van der Waals surface area contributed by atoms with Crippen LogP contribution in [-0.4, -0.2) is 35.2 Å². The topological polar surface area (TPSA) is 122 Å². The Bertz CT molecular complexity index is 1120. The van der Waals surface area contributed by atoms with E-state index in [1.807, 2.05) is 24.3 Å². The average Bonchev–Trinajstić information content (AvgIpc) is 3.37. The molecule has 5 amide bonds. The van der Waals surface area contributed by atoms with Gasteiger partial charge < -0.3 is 16.4 Å². The lowest BCUT2D eigenvalue weighted by atomic mass is 9.90. The molecule has 1 aliphatic carbocycles. The fourth-order valence-electron chi connectivity index (χ4n) is 4.30. The van der Waals surface area contributed by atoms with Gasteiger partial charge in [-0.3, -0.25) is 19.3 Å². The van der Waals surface area contributed by atoms with Gasteiger partial charge in [0.2, 0.25) is 5.91 Å². The third-order valence-corrected chi connectivity index (χ3v) is 7.36. The molecule has 1 atom stereocenters. The highest BCUT2D eigenvalue weighted by atomic mass is 32.1. The summed E-state index contributed by atoms with van der Waals surface area (Å²) in [5.41, 5.74) is 7.28. The van der Waals surface area contributed by atoms with Gasteiger partial charge in [0.05, 0.1) is 5.56 Å². The summed E-state index contributed by atoms with van der Waals surface area (Å²) in [5, 5.41) is 5.77. The normalized spacial score (nSPS) is 19.9. The molecular formula is C23H26N4O4S. The summed E-state index contributed by atoms with van der Waals surface area (Å²) in [6, 6.07) is 6.87. The van der Waals surface area contributed by atoms with Gasteiger partial charge in [0, 0.05) is 4.88 Å². The van der Waals surface area contributed by atoms with Crippen molar-refractivity contribution in [3.8, 4) is 0 Å². The van der Waals surface area contributed by atoms with Crippen LogP contribution in [0.1, 0.15) is 65.0 Å². The molecule has 0 spiro atoms. The minimum Gasteiger partial charge on any atom is -0.365 e. The minimum absolute atomic E-state index is 0.336. The molecule has 1 saturated heterocycles. The smallest absolute Gasteiger partial charge is 0.325 e. The van der Waals surface area contributed by atoms with Gasteiger partial charge in [-0.25, -0.2) is 4.79 Å². The summed E-state index contributed by atoms with van der Waals surface area (Å²) in [7, 11) is 0. The van der Waals surface area contributed by atoms with Gasteiger partial charge in [-0.15, -0.1) is 11.3 Å². The molecule has 168 valence electrons. The van der Waals surface area contributed by atoms with Crippen LogP contribution >= 0.6 is 11.3 Å². The number of hydrogen-bond acceptors (Lipinski definition) is 5. The lowest BCUT2D eigenvalue weighted by Gasteiger charge is -2.22. The van der Waals surface area contributed by atoms with E-state index in [1.54, 1.807) is 6.92 Å². The summed E-state index contributed by atoms with van der Waals surface area (Å²) < 4.78 is 0. The van der Waals surface area contributed by atoms with Crippen molar-refractivity contribution in [3.63, 3.8) is 0 Å². The number of rotatable bonds is 6. The molecular weight excluding hydrogens is 428 g/mol. The molecule has 4 N–H and O–H groups in total. The molecule has 2 aromatic rings. The highest BCUT2D eigenvalue weighted by Crippen LogP contribution is 2.39. The van der Waals surface area contributed by atoms with Crippen molar-refractivity contribution < 1.29 is 19.2 Å². The van der Waals surface area contributed by atoms with Crippen LogP contribution in [0, 0.1) is 0 Å². The van der Waals surface area contributed by atoms with Crippen LogP contribution in [0.2, 0.25) is 0 Å². The standard InChI is InChI=1S/C23H26N4O4S/c1-12(2)13-7-9-14(10-8-13)23(3)21(30)27(22(31)26-23)11-17(28)25-20-18(19(24)29)15-5-4-6-16(15)32-20/h7-10,12H,4-6,11H2,1-3H3,(H2,24,29)(H,25,28)(H,26,31)/t23-/m0/s1. The summed E-state index contributed by atoms with van der Waals surface area (Å²) in [5.74, 6) is -1.31. The second kappa shape index (κ2) is 8.05. The second-order valence-electron chi connectivity index (χ2n) is 8.70. The predicted molar refractivity (Wildman–Crippen MR) is 122 cm³/mol. The van der Waals surface area contributed by atoms with E-state index in [9.17, 15) is 19.2 Å². The maximum atomic E-state index is 13.1. The van der Waals surface area contributed by atoms with Crippen molar-refractivity contribution in [2.45, 2.75) is 51.5 Å². The zero-order chi connectivity index (χ0) is 23.2. The first-order valence-electron chi connectivity index (χ1n) is 10.6. The zero-order valence-corrected chi connectivity index (χ0v) is 19.1. The van der Waals surface area contributed by atoms with Crippen LogP contribution in [0.5, 0.6) is 0 Å². The monoisotopic (exact) mass is 454 g/mol. The molecule has 1 aliphatic heterocycles. The van der Waals surface area contributed by atoms with E-state index >= 15 is 0 Å². The first-order valence-corrected chi connectivity index (χ1v) is 11.4. The van der Waals surface area contributed by atoms with Gasteiger partial charge >= 0.3 is 6.03 Å². The number of carbonyl (C=O) groups excluding carboxylic acids is 4. The first kappa shape index (κ1) is 22.0. The van der Waals surface area contributed by atoms with Gasteiger partial charge in [-0.05, 0) is 48.8 Å². The molecule has 0 saturated carbocycles. The number of hydrogen-bond donors (Lipinski definition) is 3. The Morgan fingerprint density at radius 1 is 1.22 bits per heavy atom. The number of amides is 5. The maximum Gasteiger partial charge on any atom is 0.325 e. The number of carbonyl (C=O) groups is 4. The van der Waals surface area contributed by atoms with Crippen molar-refractivity contribution in [3.05, 3.63) is 51.4 Å². The van der Waals surface area contributed by atoms with E-state index in [1.165, 1.54) is 11.3 Å². The van der Waals surface area contributed by atoms with Crippen LogP contribution in [0.3, 0.4) is 0 Å². The lowest BCUT2D eigenvalue weighted by molar-refractivity contribution is -0.133. The number of nitrogens with one attached hydrogen (secondary N) is 2. The number of urea groups is 1. The third-order valence-electron chi connectivity index (χ3n) is 6.15. The van der Waals surface area contributed by atoms with E-state index in [-0.39, 0.29) is 0 Å². The Morgan fingerprint density at radius 2 is 1.91 bits per heavy atom. The summed E-state index contributed by atoms with van der Waals surface area (Å²) in [6.45, 7) is 5.33. The van der Waals surface area contributed by atoms with Gasteiger partial charge in [0.25, 0.3) is 11.8 Å². The zero-order valence-electron chi connectivity index (χ0n) is 18.3. The number of fused-ring (bicyclic) bond motifs is 1. The van der Waals surface area contributed by atoms with Crippen LogP contribution in [0.25, 0.3) is 0 Å². The second-order valence-corrected chi connectivity index (χ2v) is 9.80. The van der Waals surface area contributed by atoms with E-state index < -0.39 is 35.8 Å². The van der Waals surface area contributed by atoms with E-state index in [0.29, 0.717) is 22.0 Å². The number of thiophene rings is 1. The Hall–Kier alpha value is -3.20. The Labute approximate surface area is 190 Å². The van der Waals surface area contributed by atoms with Gasteiger partial charge in [0.1, 0.15) is 17.1 Å². The minimum atomic E-state index is -1.25. The van der Waals surface area contributed by atoms with Crippen molar-refractivity contribution in [2.75, 3.05) is 11.9 Å². The molecule has 4 rings (SSSR count). The molecule has 1 aromatic carbocycles. The van der Waals surface area contributed by atoms with Crippen LogP contribution in [0.15, 0.2) is 24.3 Å². The van der Waals surface area contributed by atoms with Crippen molar-refractivity contribution >= 4 is 40.1 Å². The Morgan fingerprint density at radius 3 is 2.53 bits per heavy atom. The Balaban J connectivity index is 1.50. The predicted octanol–water partition coefficient (Wildman–Crippen LogP) is 2.86. The molecule has 2 aliphatic rings. The molecule has 32 heavy (non-hydrogen) atoms. The lowest BCUT2D eigenvalue weighted by Crippen LogP contribution is -2.42. The van der Waals surface area contributed by atoms with E-state index in [0.717, 1.165) is 40.2 Å². The molecule has 0 radical (unpaired) electrons. The first-order chi connectivity index (χ1) is 15.1. The van der Waals surface area contributed by atoms with Crippen LogP contribution in [0.4, 0.5) is 9.80 Å². The number of imide groups is 1. The summed E-state index contributed by atoms with van der Waals surface area (Å²) in [4.78, 5) is 52.3. The van der Waals surface area contributed by atoms with Crippen molar-refractivity contribution in [1.29, 1.82) is 0 Å². The summed E-state index contributed by atoms with van der Waals surface area (Å²) >= 11 is 1.33. The fraction of sp³-hybridized carbons (Fsp3) is 0.391. The third kappa shape index (κ3) is 3.66. The summed E-state index contributed by atoms with van der Waals surface area (Å²) in [6.07, 6.45) is 2.55. The van der Waals surface area contributed by atoms with E-state index in [2.05, 4.69) is 24.5 Å². The number of anilines is 1. The highest BCUT2D eigenvalue weighted by Gasteiger charge is 2.49. The molecule has 8 nitrogen and oxygen atoms in total. The number of aryl methyl sites for hydroxylation is 1. The average molecular weight is 455 g/mol. The number of nitrogens with zero attached hydrogens (tertiary/aromatic N) is 1. The fourth-order valence-corrected chi connectivity index (χ4v) is 5.61. The molecule has 0 bridgehead atoms. The molecule has 9 heteroatoms. The van der Waals surface area contributed by atoms with Gasteiger partial charge in [-0.1, -0.05) is 38.1 Å². The number of primary amides is 1. The van der Waals surface area contributed by atoms with Crippen molar-refractivity contribution in [1.82, 2.24) is 10.2 Å². The molecule has 1 fully saturated rings. The SMILES string of the molecule is CC(C)c1ccc([C@]2(C)NC(=O)N(CC(=O)Nc3sc4c(c3C(N)=O)CCC4)C2=O)cc1. The molecule has 2 heterocycles. The Kier molecular flexibility index (Phi) is 5.54. The molecule has 0 unspecified atom stereocenters. The van der Waals surface area contributed by atoms with Gasteiger partial charge in [-0.2, -0.15) is 0 Å². The molecule has 1 aromatic heterocycles. The number of benzene rings is 1. The quantitative estimate of drug-likeness (QED) is 0.581. The maximum absolute atomic E-state index is 13.1. The van der Waals surface area contributed by atoms with Crippen LogP contribution in [-0.2, 0) is 28.0 Å². The number of nitrogens with two attached hydrogens (primary N) is 1. The van der Waals surface area contributed by atoms with Gasteiger partial charge in [0.15, 0.2) is 0 Å². The van der Waals surface area contributed by atoms with E-state index in [4.69, 9.17) is 5.73 Å². The van der Waals surface area contributed by atoms with Crippen molar-refractivity contribution in [2.24, 2.45) is 5.73 Å². The van der Waals surface area contributed by atoms with Crippen LogP contribution < -0.4 is 16.4 Å². The highest BCUT2D eigenvalue weighted by molar-refractivity contribution is 7.17.